The van der Waals surface area contributed by atoms with E-state index in [0.29, 0.717) is 13.0 Å². The van der Waals surface area contributed by atoms with Crippen LogP contribution >= 0.6 is 0 Å². The SMILES string of the molecule is CNC[C@@H](F)Cc1ccc(C)cc1. The average Bonchev–Trinajstić information content (AvgIpc) is 2.09. The monoisotopic (exact) mass is 181 g/mol. The number of nitrogens with one attached hydrogen (secondary N) is 1. The molecule has 0 radical (unpaired) electrons. The summed E-state index contributed by atoms with van der Waals surface area (Å²) in [5.41, 5.74) is 2.28. The van der Waals surface area contributed by atoms with Crippen LogP contribution in [0.25, 0.3) is 0 Å². The molecule has 1 N–H and O–H groups in total. The van der Waals surface area contributed by atoms with E-state index in [1.807, 2.05) is 31.2 Å². The van der Waals surface area contributed by atoms with Crippen LogP contribution in [0.3, 0.4) is 0 Å². The molecule has 2 heteroatoms. The van der Waals surface area contributed by atoms with Crippen molar-refractivity contribution in [2.75, 3.05) is 13.6 Å². The minimum absolute atomic E-state index is 0.424. The number of benzene rings is 1. The molecular weight excluding hydrogens is 165 g/mol. The fourth-order valence-electron chi connectivity index (χ4n) is 1.27. The summed E-state index contributed by atoms with van der Waals surface area (Å²) >= 11 is 0. The smallest absolute Gasteiger partial charge is 0.116 e. The van der Waals surface area contributed by atoms with Gasteiger partial charge in [-0.05, 0) is 19.5 Å². The Morgan fingerprint density at radius 2 is 1.92 bits per heavy atom. The molecule has 1 atom stereocenters. The fourth-order valence-corrected chi connectivity index (χ4v) is 1.27. The highest BCUT2D eigenvalue weighted by Crippen LogP contribution is 2.07. The lowest BCUT2D eigenvalue weighted by Crippen LogP contribution is -2.21. The van der Waals surface area contributed by atoms with E-state index in [9.17, 15) is 4.39 Å². The van der Waals surface area contributed by atoms with Crippen LogP contribution in [-0.4, -0.2) is 19.8 Å². The van der Waals surface area contributed by atoms with E-state index in [-0.39, 0.29) is 0 Å². The van der Waals surface area contributed by atoms with Crippen LogP contribution in [0.1, 0.15) is 11.1 Å². The van der Waals surface area contributed by atoms with Crippen molar-refractivity contribution in [1.29, 1.82) is 0 Å². The van der Waals surface area contributed by atoms with Gasteiger partial charge in [-0.3, -0.25) is 0 Å². The molecule has 0 aliphatic rings. The Morgan fingerprint density at radius 3 is 2.46 bits per heavy atom. The van der Waals surface area contributed by atoms with E-state index in [1.165, 1.54) is 5.56 Å². The maximum Gasteiger partial charge on any atom is 0.116 e. The third kappa shape index (κ3) is 3.55. The van der Waals surface area contributed by atoms with E-state index in [2.05, 4.69) is 5.32 Å². The van der Waals surface area contributed by atoms with Crippen LogP contribution in [-0.2, 0) is 6.42 Å². The van der Waals surface area contributed by atoms with E-state index >= 15 is 0 Å². The number of hydrogen-bond acceptors (Lipinski definition) is 1. The van der Waals surface area contributed by atoms with Crippen molar-refractivity contribution in [3.05, 3.63) is 35.4 Å². The number of rotatable bonds is 4. The topological polar surface area (TPSA) is 12.0 Å². The van der Waals surface area contributed by atoms with Gasteiger partial charge in [-0.2, -0.15) is 0 Å². The molecule has 1 rings (SSSR count). The molecule has 13 heavy (non-hydrogen) atoms. The maximum atomic E-state index is 13.1. The summed E-state index contributed by atoms with van der Waals surface area (Å²) in [7, 11) is 1.77. The van der Waals surface area contributed by atoms with Gasteiger partial charge in [-0.25, -0.2) is 4.39 Å². The zero-order chi connectivity index (χ0) is 9.68. The molecule has 0 fully saturated rings. The molecule has 0 heterocycles. The van der Waals surface area contributed by atoms with Crippen LogP contribution in [0, 0.1) is 6.92 Å². The molecule has 1 nitrogen and oxygen atoms in total. The van der Waals surface area contributed by atoms with Gasteiger partial charge in [0, 0.05) is 13.0 Å². The summed E-state index contributed by atoms with van der Waals surface area (Å²) in [6.45, 7) is 2.46. The van der Waals surface area contributed by atoms with Crippen LogP contribution in [0.15, 0.2) is 24.3 Å². The average molecular weight is 181 g/mol. The van der Waals surface area contributed by atoms with Crippen molar-refractivity contribution in [2.24, 2.45) is 0 Å². The van der Waals surface area contributed by atoms with Crippen molar-refractivity contribution in [3.8, 4) is 0 Å². The van der Waals surface area contributed by atoms with E-state index < -0.39 is 6.17 Å². The van der Waals surface area contributed by atoms with Gasteiger partial charge in [0.15, 0.2) is 0 Å². The highest BCUT2D eigenvalue weighted by atomic mass is 19.1. The lowest BCUT2D eigenvalue weighted by atomic mass is 10.1. The summed E-state index contributed by atoms with van der Waals surface area (Å²) < 4.78 is 13.1. The number of alkyl halides is 1. The Hall–Kier alpha value is -0.890. The summed E-state index contributed by atoms with van der Waals surface area (Å²) in [6.07, 6.45) is -0.283. The summed E-state index contributed by atoms with van der Waals surface area (Å²) in [5, 5.41) is 2.82. The van der Waals surface area contributed by atoms with E-state index in [0.717, 1.165) is 5.56 Å². The fraction of sp³-hybridized carbons (Fsp3) is 0.455. The molecular formula is C11H16FN. The molecule has 0 bridgehead atoms. The second kappa shape index (κ2) is 4.97. The number of hydrogen-bond donors (Lipinski definition) is 1. The van der Waals surface area contributed by atoms with E-state index in [4.69, 9.17) is 0 Å². The van der Waals surface area contributed by atoms with Gasteiger partial charge < -0.3 is 5.32 Å². The van der Waals surface area contributed by atoms with Crippen LogP contribution < -0.4 is 5.32 Å². The minimum atomic E-state index is -0.785. The van der Waals surface area contributed by atoms with Gasteiger partial charge in [0.1, 0.15) is 6.17 Å². The molecule has 1 aromatic carbocycles. The first-order valence-electron chi connectivity index (χ1n) is 4.56. The zero-order valence-electron chi connectivity index (χ0n) is 8.18. The first-order valence-corrected chi connectivity index (χ1v) is 4.56. The molecule has 0 aliphatic heterocycles. The number of halogens is 1. The van der Waals surface area contributed by atoms with Gasteiger partial charge in [-0.1, -0.05) is 29.8 Å². The molecule has 0 unspecified atom stereocenters. The van der Waals surface area contributed by atoms with Gasteiger partial charge in [0.05, 0.1) is 0 Å². The summed E-state index contributed by atoms with van der Waals surface area (Å²) in [5.74, 6) is 0. The molecule has 0 aliphatic carbocycles. The molecule has 0 saturated carbocycles. The minimum Gasteiger partial charge on any atom is -0.317 e. The highest BCUT2D eigenvalue weighted by molar-refractivity contribution is 5.21. The predicted molar refractivity (Wildman–Crippen MR) is 53.7 cm³/mol. The van der Waals surface area contributed by atoms with Crippen molar-refractivity contribution < 1.29 is 4.39 Å². The van der Waals surface area contributed by atoms with Crippen LogP contribution in [0.4, 0.5) is 4.39 Å². The quantitative estimate of drug-likeness (QED) is 0.750. The number of aryl methyl sites for hydroxylation is 1. The van der Waals surface area contributed by atoms with Gasteiger partial charge in [0.25, 0.3) is 0 Å². The summed E-state index contributed by atoms with van der Waals surface area (Å²) in [4.78, 5) is 0. The lowest BCUT2D eigenvalue weighted by Gasteiger charge is -2.07. The molecule has 0 amide bonds. The molecule has 72 valence electrons. The van der Waals surface area contributed by atoms with Crippen molar-refractivity contribution in [1.82, 2.24) is 5.32 Å². The van der Waals surface area contributed by atoms with Gasteiger partial charge in [0.2, 0.25) is 0 Å². The third-order valence-corrected chi connectivity index (χ3v) is 2.00. The largest absolute Gasteiger partial charge is 0.317 e. The molecule has 1 aromatic rings. The first-order chi connectivity index (χ1) is 6.22. The van der Waals surface area contributed by atoms with Crippen molar-refractivity contribution in [2.45, 2.75) is 19.5 Å². The first kappa shape index (κ1) is 10.2. The van der Waals surface area contributed by atoms with Crippen LogP contribution in [0.5, 0.6) is 0 Å². The highest BCUT2D eigenvalue weighted by Gasteiger charge is 2.05. The predicted octanol–water partition coefficient (Wildman–Crippen LogP) is 2.10. The normalized spacial score (nSPS) is 12.8. The Bertz CT molecular complexity index is 243. The standard InChI is InChI=1S/C11H16FN/c1-9-3-5-10(6-4-9)7-11(12)8-13-2/h3-6,11,13H,7-8H2,1-2H3/t11-/m0/s1. The Labute approximate surface area is 79.0 Å². The van der Waals surface area contributed by atoms with Gasteiger partial charge >= 0.3 is 0 Å². The second-order valence-corrected chi connectivity index (χ2v) is 3.34. The van der Waals surface area contributed by atoms with E-state index in [1.54, 1.807) is 7.05 Å². The lowest BCUT2D eigenvalue weighted by molar-refractivity contribution is 0.324. The zero-order valence-corrected chi connectivity index (χ0v) is 8.18. The third-order valence-electron chi connectivity index (χ3n) is 2.00. The Balaban J connectivity index is 2.49. The Morgan fingerprint density at radius 1 is 1.31 bits per heavy atom. The summed E-state index contributed by atoms with van der Waals surface area (Å²) in [6, 6.07) is 8.00. The van der Waals surface area contributed by atoms with Gasteiger partial charge in [-0.15, -0.1) is 0 Å². The van der Waals surface area contributed by atoms with Crippen LogP contribution in [0.2, 0.25) is 0 Å². The second-order valence-electron chi connectivity index (χ2n) is 3.34. The Kier molecular flexibility index (Phi) is 3.90. The van der Waals surface area contributed by atoms with Crippen molar-refractivity contribution in [3.63, 3.8) is 0 Å². The molecule has 0 saturated heterocycles. The molecule has 0 spiro atoms. The van der Waals surface area contributed by atoms with Crippen molar-refractivity contribution >= 4 is 0 Å². The molecule has 0 aromatic heterocycles. The maximum absolute atomic E-state index is 13.1.